The number of carboxylic acids is 2. The molecule has 1 fully saturated rings. The first-order valence-electron chi connectivity index (χ1n) is 5.51. The minimum absolute atomic E-state index is 0.0111. The van der Waals surface area contributed by atoms with Crippen LogP contribution in [0.5, 0.6) is 0 Å². The van der Waals surface area contributed by atoms with E-state index in [1.807, 2.05) is 0 Å². The molecule has 1 aliphatic carbocycles. The number of aliphatic carboxylic acids is 2. The fourth-order valence-corrected chi connectivity index (χ4v) is 2.45. The van der Waals surface area contributed by atoms with Crippen molar-refractivity contribution in [1.29, 1.82) is 0 Å². The molecule has 0 aromatic heterocycles. The van der Waals surface area contributed by atoms with Crippen LogP contribution in [0.15, 0.2) is 0 Å². The van der Waals surface area contributed by atoms with Gasteiger partial charge >= 0.3 is 11.9 Å². The van der Waals surface area contributed by atoms with Crippen LogP contribution in [0.25, 0.3) is 0 Å². The average Bonchev–Trinajstić information content (AvgIpc) is 2.53. The largest absolute Gasteiger partial charge is 0.481 e. The molecule has 0 heterocycles. The zero-order chi connectivity index (χ0) is 11.3. The molecule has 0 aromatic rings. The van der Waals surface area contributed by atoms with Crippen LogP contribution in [0.2, 0.25) is 0 Å². The van der Waals surface area contributed by atoms with Gasteiger partial charge in [0.2, 0.25) is 0 Å². The van der Waals surface area contributed by atoms with Gasteiger partial charge in [0.05, 0.1) is 0 Å². The monoisotopic (exact) mass is 214 g/mol. The molecule has 15 heavy (non-hydrogen) atoms. The molecule has 86 valence electrons. The predicted octanol–water partition coefficient (Wildman–Crippen LogP) is 2.13. The lowest BCUT2D eigenvalue weighted by molar-refractivity contribution is -0.140. The lowest BCUT2D eigenvalue weighted by Gasteiger charge is -2.16. The summed E-state index contributed by atoms with van der Waals surface area (Å²) >= 11 is 0. The van der Waals surface area contributed by atoms with Gasteiger partial charge in [0.25, 0.3) is 0 Å². The molecule has 0 saturated heterocycles. The summed E-state index contributed by atoms with van der Waals surface area (Å²) in [5.41, 5.74) is 0. The van der Waals surface area contributed by atoms with Gasteiger partial charge in [0.15, 0.2) is 0 Å². The molecular formula is C11H18O4. The summed E-state index contributed by atoms with van der Waals surface area (Å²) in [7, 11) is 0. The zero-order valence-corrected chi connectivity index (χ0v) is 8.82. The molecule has 0 radical (unpaired) electrons. The van der Waals surface area contributed by atoms with Crippen molar-refractivity contribution in [2.75, 3.05) is 0 Å². The summed E-state index contributed by atoms with van der Waals surface area (Å²) in [6.45, 7) is 0. The second kappa shape index (κ2) is 5.73. The number of carboxylic acid groups (broad SMARTS) is 2. The Morgan fingerprint density at radius 3 is 1.93 bits per heavy atom. The van der Waals surface area contributed by atoms with Crippen LogP contribution >= 0.6 is 0 Å². The van der Waals surface area contributed by atoms with E-state index >= 15 is 0 Å². The molecule has 1 saturated carbocycles. The van der Waals surface area contributed by atoms with Gasteiger partial charge in [-0.1, -0.05) is 25.7 Å². The number of carbonyl (C=O) groups is 2. The Morgan fingerprint density at radius 1 is 1.07 bits per heavy atom. The summed E-state index contributed by atoms with van der Waals surface area (Å²) < 4.78 is 0. The molecule has 2 N–H and O–H groups in total. The van der Waals surface area contributed by atoms with E-state index in [9.17, 15) is 9.59 Å². The van der Waals surface area contributed by atoms with Crippen LogP contribution in [0.3, 0.4) is 0 Å². The third kappa shape index (κ3) is 4.81. The molecule has 0 amide bonds. The first kappa shape index (κ1) is 12.0. The Morgan fingerprint density at radius 2 is 1.53 bits per heavy atom. The van der Waals surface area contributed by atoms with Gasteiger partial charge in [0.1, 0.15) is 0 Å². The van der Waals surface area contributed by atoms with Crippen LogP contribution in [0.1, 0.15) is 44.9 Å². The smallest absolute Gasteiger partial charge is 0.303 e. The molecule has 0 aliphatic heterocycles. The third-order valence-corrected chi connectivity index (χ3v) is 3.07. The van der Waals surface area contributed by atoms with E-state index in [-0.39, 0.29) is 18.8 Å². The van der Waals surface area contributed by atoms with E-state index in [0.717, 1.165) is 19.3 Å². The lowest BCUT2D eigenvalue weighted by atomic mass is 9.89. The Kier molecular flexibility index (Phi) is 4.59. The summed E-state index contributed by atoms with van der Waals surface area (Å²) in [6, 6.07) is 0. The SMILES string of the molecule is O=C(O)CC(CC(=O)O)CC1CCCC1. The van der Waals surface area contributed by atoms with Crippen molar-refractivity contribution in [3.8, 4) is 0 Å². The van der Waals surface area contributed by atoms with Crippen molar-refractivity contribution in [2.24, 2.45) is 11.8 Å². The van der Waals surface area contributed by atoms with Gasteiger partial charge in [-0.25, -0.2) is 0 Å². The molecule has 1 aliphatic rings. The van der Waals surface area contributed by atoms with Gasteiger partial charge < -0.3 is 10.2 Å². The van der Waals surface area contributed by atoms with Crippen LogP contribution in [0.4, 0.5) is 0 Å². The maximum absolute atomic E-state index is 10.6. The molecule has 0 atom stereocenters. The Labute approximate surface area is 89.3 Å². The summed E-state index contributed by atoms with van der Waals surface area (Å²) in [5, 5.41) is 17.4. The summed E-state index contributed by atoms with van der Waals surface area (Å²) in [5.74, 6) is -1.42. The maximum Gasteiger partial charge on any atom is 0.303 e. The molecule has 0 aromatic carbocycles. The summed E-state index contributed by atoms with van der Waals surface area (Å²) in [6.07, 6.45) is 5.42. The van der Waals surface area contributed by atoms with Crippen molar-refractivity contribution >= 4 is 11.9 Å². The highest BCUT2D eigenvalue weighted by atomic mass is 16.4. The second-order valence-corrected chi connectivity index (χ2v) is 4.45. The van der Waals surface area contributed by atoms with E-state index in [1.54, 1.807) is 0 Å². The summed E-state index contributed by atoms with van der Waals surface area (Å²) in [4.78, 5) is 21.1. The van der Waals surface area contributed by atoms with Gasteiger partial charge in [0, 0.05) is 12.8 Å². The maximum atomic E-state index is 10.6. The molecule has 1 rings (SSSR count). The molecule has 0 spiro atoms. The van der Waals surface area contributed by atoms with Gasteiger partial charge in [-0.15, -0.1) is 0 Å². The first-order chi connectivity index (χ1) is 7.08. The average molecular weight is 214 g/mol. The topological polar surface area (TPSA) is 74.6 Å². The van der Waals surface area contributed by atoms with Crippen LogP contribution in [0, 0.1) is 11.8 Å². The van der Waals surface area contributed by atoms with Crippen molar-refractivity contribution in [3.63, 3.8) is 0 Å². The van der Waals surface area contributed by atoms with Crippen molar-refractivity contribution in [2.45, 2.75) is 44.9 Å². The molecule has 0 unspecified atom stereocenters. The minimum Gasteiger partial charge on any atom is -0.481 e. The molecule has 0 bridgehead atoms. The fourth-order valence-electron chi connectivity index (χ4n) is 2.45. The van der Waals surface area contributed by atoms with E-state index in [0.29, 0.717) is 5.92 Å². The molecule has 4 heteroatoms. The zero-order valence-electron chi connectivity index (χ0n) is 8.82. The standard InChI is InChI=1S/C11H18O4/c12-10(13)6-9(7-11(14)15)5-8-3-1-2-4-8/h8-9H,1-7H2,(H,12,13)(H,14,15). The molecule has 4 nitrogen and oxygen atoms in total. The Balaban J connectivity index is 2.39. The van der Waals surface area contributed by atoms with Crippen molar-refractivity contribution in [1.82, 2.24) is 0 Å². The highest BCUT2D eigenvalue weighted by Gasteiger charge is 2.23. The second-order valence-electron chi connectivity index (χ2n) is 4.45. The van der Waals surface area contributed by atoms with E-state index < -0.39 is 11.9 Å². The highest BCUT2D eigenvalue weighted by Crippen LogP contribution is 2.32. The third-order valence-electron chi connectivity index (χ3n) is 3.07. The van der Waals surface area contributed by atoms with Crippen molar-refractivity contribution in [3.05, 3.63) is 0 Å². The quantitative estimate of drug-likeness (QED) is 0.710. The number of rotatable bonds is 6. The first-order valence-corrected chi connectivity index (χ1v) is 5.51. The van der Waals surface area contributed by atoms with E-state index in [2.05, 4.69) is 0 Å². The lowest BCUT2D eigenvalue weighted by Crippen LogP contribution is -2.15. The van der Waals surface area contributed by atoms with Gasteiger partial charge in [-0.05, 0) is 18.3 Å². The van der Waals surface area contributed by atoms with E-state index in [1.165, 1.54) is 12.8 Å². The number of hydrogen-bond acceptors (Lipinski definition) is 2. The van der Waals surface area contributed by atoms with Gasteiger partial charge in [-0.3, -0.25) is 9.59 Å². The highest BCUT2D eigenvalue weighted by molar-refractivity contribution is 5.70. The number of hydrogen-bond donors (Lipinski definition) is 2. The van der Waals surface area contributed by atoms with Crippen LogP contribution in [-0.2, 0) is 9.59 Å². The predicted molar refractivity (Wildman–Crippen MR) is 54.6 cm³/mol. The normalized spacial score (nSPS) is 17.1. The van der Waals surface area contributed by atoms with Crippen LogP contribution < -0.4 is 0 Å². The Hall–Kier alpha value is -1.06. The van der Waals surface area contributed by atoms with E-state index in [4.69, 9.17) is 10.2 Å². The molecular weight excluding hydrogens is 196 g/mol. The van der Waals surface area contributed by atoms with Crippen LogP contribution in [-0.4, -0.2) is 22.2 Å². The Bertz CT molecular complexity index is 215. The minimum atomic E-state index is -0.890. The fraction of sp³-hybridized carbons (Fsp3) is 0.818. The van der Waals surface area contributed by atoms with Gasteiger partial charge in [-0.2, -0.15) is 0 Å². The van der Waals surface area contributed by atoms with Crippen molar-refractivity contribution < 1.29 is 19.8 Å².